The van der Waals surface area contributed by atoms with Crippen LogP contribution < -0.4 is 10.1 Å². The molecule has 2 rings (SSSR count). The van der Waals surface area contributed by atoms with E-state index in [4.69, 9.17) is 9.16 Å². The summed E-state index contributed by atoms with van der Waals surface area (Å²) in [6, 6.07) is 8.99. The molecule has 0 bridgehead atoms. The summed E-state index contributed by atoms with van der Waals surface area (Å²) in [4.78, 5) is 28.9. The summed E-state index contributed by atoms with van der Waals surface area (Å²) in [5.74, 6) is -0.362. The summed E-state index contributed by atoms with van der Waals surface area (Å²) in [5.41, 5.74) is 1.11. The summed E-state index contributed by atoms with van der Waals surface area (Å²) >= 11 is 0. The Morgan fingerprint density at radius 3 is 2.62 bits per heavy atom. The fourth-order valence-electron chi connectivity index (χ4n) is 2.36. The molecule has 1 N–H and O–H groups in total. The van der Waals surface area contributed by atoms with Crippen LogP contribution in [-0.2, 0) is 9.22 Å². The van der Waals surface area contributed by atoms with Crippen molar-refractivity contribution in [1.82, 2.24) is 10.3 Å². The largest absolute Gasteiger partial charge is 0.519 e. The lowest BCUT2D eigenvalue weighted by atomic mass is 10.1. The number of carbonyl (C=O) groups is 2. The monoisotopic (exact) mass is 374 g/mol. The third kappa shape index (κ3) is 5.84. The quantitative estimate of drug-likeness (QED) is 0.565. The molecular weight excluding hydrogens is 348 g/mol. The highest BCUT2D eigenvalue weighted by Crippen LogP contribution is 2.22. The number of nitrogens with zero attached hydrogens (tertiary/aromatic N) is 1. The minimum absolute atomic E-state index is 0.161. The number of pyridine rings is 1. The average Bonchev–Trinajstić information content (AvgIpc) is 2.57. The normalized spacial score (nSPS) is 11.2. The molecule has 0 aliphatic rings. The SMILES string of the molecule is CCCCOc1cc(C(=O)NCC(=O)O[Si](C)(C)C)c2ccccc2n1. The van der Waals surface area contributed by atoms with E-state index in [0.717, 1.165) is 12.8 Å². The molecule has 26 heavy (non-hydrogen) atoms. The van der Waals surface area contributed by atoms with Crippen LogP contribution >= 0.6 is 0 Å². The Kier molecular flexibility index (Phi) is 6.74. The molecule has 0 aliphatic carbocycles. The molecule has 0 unspecified atom stereocenters. The van der Waals surface area contributed by atoms with Crippen LogP contribution in [0.25, 0.3) is 10.9 Å². The molecule has 1 amide bonds. The number of ether oxygens (including phenoxy) is 1. The van der Waals surface area contributed by atoms with Gasteiger partial charge >= 0.3 is 5.97 Å². The smallest absolute Gasteiger partial charge is 0.312 e. The van der Waals surface area contributed by atoms with Crippen molar-refractivity contribution in [3.05, 3.63) is 35.9 Å². The van der Waals surface area contributed by atoms with Crippen molar-refractivity contribution in [3.8, 4) is 5.88 Å². The third-order valence-corrected chi connectivity index (χ3v) is 4.34. The van der Waals surface area contributed by atoms with Crippen LogP contribution in [0.3, 0.4) is 0 Å². The highest BCUT2D eigenvalue weighted by atomic mass is 28.4. The van der Waals surface area contributed by atoms with Gasteiger partial charge in [0, 0.05) is 11.5 Å². The minimum Gasteiger partial charge on any atom is -0.519 e. The van der Waals surface area contributed by atoms with Crippen molar-refractivity contribution in [2.45, 2.75) is 39.4 Å². The zero-order chi connectivity index (χ0) is 19.2. The summed E-state index contributed by atoms with van der Waals surface area (Å²) in [5, 5.41) is 3.35. The molecule has 7 heteroatoms. The first-order chi connectivity index (χ1) is 12.3. The summed E-state index contributed by atoms with van der Waals surface area (Å²) < 4.78 is 11.0. The van der Waals surface area contributed by atoms with Crippen molar-refractivity contribution >= 4 is 31.1 Å². The number of benzene rings is 1. The van der Waals surface area contributed by atoms with E-state index in [1.54, 1.807) is 6.07 Å². The Morgan fingerprint density at radius 2 is 1.92 bits per heavy atom. The fraction of sp³-hybridized carbons (Fsp3) is 0.421. The number of hydrogen-bond donors (Lipinski definition) is 1. The van der Waals surface area contributed by atoms with E-state index in [-0.39, 0.29) is 12.5 Å². The average molecular weight is 375 g/mol. The molecule has 0 saturated carbocycles. The molecule has 1 aromatic heterocycles. The molecule has 2 aromatic rings. The Bertz CT molecular complexity index is 787. The molecule has 0 aliphatic heterocycles. The van der Waals surface area contributed by atoms with Gasteiger partial charge in [-0.25, -0.2) is 4.98 Å². The topological polar surface area (TPSA) is 77.5 Å². The molecule has 140 valence electrons. The zero-order valence-corrected chi connectivity index (χ0v) is 16.8. The Balaban J connectivity index is 2.17. The predicted octanol–water partition coefficient (Wildman–Crippen LogP) is 3.52. The highest BCUT2D eigenvalue weighted by Gasteiger charge is 2.21. The third-order valence-electron chi connectivity index (χ3n) is 3.50. The number of para-hydroxylation sites is 1. The van der Waals surface area contributed by atoms with E-state index < -0.39 is 14.3 Å². The zero-order valence-electron chi connectivity index (χ0n) is 15.8. The number of carbonyl (C=O) groups excluding carboxylic acids is 2. The second-order valence-electron chi connectivity index (χ2n) is 7.00. The van der Waals surface area contributed by atoms with Crippen molar-refractivity contribution in [1.29, 1.82) is 0 Å². The number of amides is 1. The van der Waals surface area contributed by atoms with Gasteiger partial charge in [0.2, 0.25) is 14.2 Å². The van der Waals surface area contributed by atoms with E-state index in [1.165, 1.54) is 0 Å². The number of hydrogen-bond acceptors (Lipinski definition) is 5. The molecule has 0 saturated heterocycles. The van der Waals surface area contributed by atoms with Crippen LogP contribution in [0.15, 0.2) is 30.3 Å². The van der Waals surface area contributed by atoms with Crippen molar-refractivity contribution in [2.24, 2.45) is 0 Å². The van der Waals surface area contributed by atoms with Crippen LogP contribution in [-0.4, -0.2) is 38.3 Å². The first-order valence-electron chi connectivity index (χ1n) is 8.83. The number of fused-ring (bicyclic) bond motifs is 1. The molecule has 6 nitrogen and oxygen atoms in total. The maximum Gasteiger partial charge on any atom is 0.312 e. The Morgan fingerprint density at radius 1 is 1.19 bits per heavy atom. The van der Waals surface area contributed by atoms with Crippen molar-refractivity contribution in [2.75, 3.05) is 13.2 Å². The van der Waals surface area contributed by atoms with Gasteiger partial charge in [-0.1, -0.05) is 31.5 Å². The number of rotatable bonds is 8. The first-order valence-corrected chi connectivity index (χ1v) is 12.2. The Labute approximate surface area is 155 Å². The lowest BCUT2D eigenvalue weighted by Crippen LogP contribution is -2.36. The number of aromatic nitrogens is 1. The standard InChI is InChI=1S/C19H26N2O4Si/c1-5-6-11-24-17-12-15(14-9-7-8-10-16(14)21-17)19(23)20-13-18(22)25-26(2,3)4/h7-10,12H,5-6,11,13H2,1-4H3,(H,20,23). The summed E-state index contributed by atoms with van der Waals surface area (Å²) in [6.07, 6.45) is 1.93. The van der Waals surface area contributed by atoms with Gasteiger partial charge in [-0.3, -0.25) is 9.59 Å². The van der Waals surface area contributed by atoms with Crippen LogP contribution in [0.4, 0.5) is 0 Å². The van der Waals surface area contributed by atoms with E-state index in [1.807, 2.05) is 43.9 Å². The summed E-state index contributed by atoms with van der Waals surface area (Å²) in [7, 11) is -1.97. The van der Waals surface area contributed by atoms with Crippen LogP contribution in [0.1, 0.15) is 30.1 Å². The van der Waals surface area contributed by atoms with Gasteiger partial charge in [0.1, 0.15) is 6.54 Å². The van der Waals surface area contributed by atoms with Crippen LogP contribution in [0.5, 0.6) is 5.88 Å². The second-order valence-corrected chi connectivity index (χ2v) is 11.4. The lowest BCUT2D eigenvalue weighted by Gasteiger charge is -2.17. The molecule has 0 spiro atoms. The van der Waals surface area contributed by atoms with Gasteiger partial charge in [-0.2, -0.15) is 0 Å². The maximum absolute atomic E-state index is 12.6. The summed E-state index contributed by atoms with van der Waals surface area (Å²) in [6.45, 7) is 8.22. The minimum atomic E-state index is -1.97. The number of nitrogens with one attached hydrogen (secondary N) is 1. The molecule has 1 aromatic carbocycles. The van der Waals surface area contributed by atoms with E-state index >= 15 is 0 Å². The predicted molar refractivity (Wildman–Crippen MR) is 104 cm³/mol. The van der Waals surface area contributed by atoms with E-state index in [2.05, 4.69) is 17.2 Å². The molecule has 0 fully saturated rings. The van der Waals surface area contributed by atoms with Gasteiger partial charge in [0.25, 0.3) is 5.91 Å². The van der Waals surface area contributed by atoms with Crippen molar-refractivity contribution in [3.63, 3.8) is 0 Å². The van der Waals surface area contributed by atoms with Crippen LogP contribution in [0, 0.1) is 0 Å². The van der Waals surface area contributed by atoms with E-state index in [0.29, 0.717) is 29.0 Å². The number of unbranched alkanes of at least 4 members (excludes halogenated alkanes) is 1. The molecule has 0 radical (unpaired) electrons. The van der Waals surface area contributed by atoms with E-state index in [9.17, 15) is 9.59 Å². The second kappa shape index (κ2) is 8.80. The van der Waals surface area contributed by atoms with Gasteiger partial charge in [0.15, 0.2) is 0 Å². The molecule has 0 atom stereocenters. The first kappa shape index (κ1) is 19.9. The molecular formula is C19H26N2O4Si. The fourth-order valence-corrected chi connectivity index (χ4v) is 3.11. The van der Waals surface area contributed by atoms with Crippen LogP contribution in [0.2, 0.25) is 19.6 Å². The van der Waals surface area contributed by atoms with Crippen molar-refractivity contribution < 1.29 is 18.8 Å². The highest BCUT2D eigenvalue weighted by molar-refractivity contribution is 6.71. The molecule has 1 heterocycles. The Hall–Kier alpha value is -2.41. The van der Waals surface area contributed by atoms with Gasteiger partial charge in [0.05, 0.1) is 17.7 Å². The van der Waals surface area contributed by atoms with Gasteiger partial charge in [-0.05, 0) is 32.1 Å². The maximum atomic E-state index is 12.6. The van der Waals surface area contributed by atoms with Gasteiger partial charge < -0.3 is 14.5 Å². The van der Waals surface area contributed by atoms with Gasteiger partial charge in [-0.15, -0.1) is 0 Å². The lowest BCUT2D eigenvalue weighted by molar-refractivity contribution is -0.133.